The van der Waals surface area contributed by atoms with Crippen molar-refractivity contribution >= 4 is 11.4 Å². The Hall–Kier alpha value is -2.97. The number of rotatable bonds is 1. The summed E-state index contributed by atoms with van der Waals surface area (Å²) in [4.78, 5) is 8.06. The highest BCUT2D eigenvalue weighted by Crippen LogP contribution is 2.23. The van der Waals surface area contributed by atoms with Gasteiger partial charge in [0.05, 0.1) is 11.6 Å². The number of aliphatic imine (C=N–C) groups is 2. The molecular formula is C12H5N5. The van der Waals surface area contributed by atoms with Crippen molar-refractivity contribution in [2.75, 3.05) is 0 Å². The minimum Gasteiger partial charge on any atom is -0.240 e. The summed E-state index contributed by atoms with van der Waals surface area (Å²) in [5, 5.41) is 26.2. The summed E-state index contributed by atoms with van der Waals surface area (Å²) < 4.78 is 0. The topological polar surface area (TPSA) is 96.1 Å². The van der Waals surface area contributed by atoms with Crippen LogP contribution in [0.2, 0.25) is 0 Å². The molecule has 0 N–H and O–H groups in total. The normalized spacial score (nSPS) is 14.2. The molecule has 1 heterocycles. The molecule has 0 unspecified atom stereocenters. The minimum atomic E-state index is -0.549. The van der Waals surface area contributed by atoms with E-state index in [1.54, 1.807) is 24.3 Å². The van der Waals surface area contributed by atoms with Crippen LogP contribution in [0.25, 0.3) is 0 Å². The lowest BCUT2D eigenvalue weighted by Gasteiger charge is -2.02. The molecule has 2 rings (SSSR count). The largest absolute Gasteiger partial charge is 0.240 e. The van der Waals surface area contributed by atoms with Crippen molar-refractivity contribution in [3.8, 4) is 18.2 Å². The first-order valence-electron chi connectivity index (χ1n) is 4.74. The molecule has 0 aromatic heterocycles. The maximum absolute atomic E-state index is 8.76. The van der Waals surface area contributed by atoms with Crippen LogP contribution in [0.15, 0.2) is 34.3 Å². The smallest absolute Gasteiger partial charge is 0.174 e. The number of benzene rings is 1. The minimum absolute atomic E-state index is 0.0573. The van der Waals surface area contributed by atoms with Crippen LogP contribution in [0.4, 0.5) is 0 Å². The zero-order valence-electron chi connectivity index (χ0n) is 8.62. The SMILES string of the molecule is N#CC1=NC(c2ccc(C#N)cc2)N=C1C#N. The van der Waals surface area contributed by atoms with Gasteiger partial charge in [-0.1, -0.05) is 12.1 Å². The maximum Gasteiger partial charge on any atom is 0.174 e. The lowest BCUT2D eigenvalue weighted by atomic mass is 10.1. The first kappa shape index (κ1) is 10.5. The zero-order valence-corrected chi connectivity index (χ0v) is 8.62. The van der Waals surface area contributed by atoms with Crippen molar-refractivity contribution in [3.05, 3.63) is 35.4 Å². The summed E-state index contributed by atoms with van der Waals surface area (Å²) in [6, 6.07) is 12.4. The number of nitrogens with zero attached hydrogens (tertiary/aromatic N) is 5. The summed E-state index contributed by atoms with van der Waals surface area (Å²) in [6.07, 6.45) is -0.549. The molecule has 1 aromatic carbocycles. The van der Waals surface area contributed by atoms with Crippen LogP contribution in [0.1, 0.15) is 17.3 Å². The van der Waals surface area contributed by atoms with E-state index in [4.69, 9.17) is 15.8 Å². The molecule has 78 valence electrons. The molecule has 1 aliphatic rings. The Labute approximate surface area is 97.6 Å². The van der Waals surface area contributed by atoms with Gasteiger partial charge in [-0.15, -0.1) is 0 Å². The van der Waals surface area contributed by atoms with E-state index in [0.717, 1.165) is 5.56 Å². The number of hydrogen-bond donors (Lipinski definition) is 0. The van der Waals surface area contributed by atoms with Crippen molar-refractivity contribution in [3.63, 3.8) is 0 Å². The molecule has 0 spiro atoms. The van der Waals surface area contributed by atoms with E-state index in [9.17, 15) is 0 Å². The number of nitriles is 3. The molecule has 1 aromatic rings. The summed E-state index contributed by atoms with van der Waals surface area (Å²) >= 11 is 0. The highest BCUT2D eigenvalue weighted by Gasteiger charge is 2.21. The first-order chi connectivity index (χ1) is 8.28. The Kier molecular flexibility index (Phi) is 2.64. The van der Waals surface area contributed by atoms with E-state index >= 15 is 0 Å². The molecule has 0 aliphatic carbocycles. The highest BCUT2D eigenvalue weighted by atomic mass is 15.1. The monoisotopic (exact) mass is 219 g/mol. The molecule has 17 heavy (non-hydrogen) atoms. The molecule has 5 heteroatoms. The Balaban J connectivity index is 2.36. The third-order valence-electron chi connectivity index (χ3n) is 2.28. The van der Waals surface area contributed by atoms with E-state index in [-0.39, 0.29) is 11.4 Å². The van der Waals surface area contributed by atoms with Crippen LogP contribution in [0.5, 0.6) is 0 Å². The Bertz CT molecular complexity index is 601. The second kappa shape index (κ2) is 4.26. The van der Waals surface area contributed by atoms with Crippen molar-refractivity contribution < 1.29 is 0 Å². The van der Waals surface area contributed by atoms with Gasteiger partial charge in [-0.3, -0.25) is 0 Å². The quantitative estimate of drug-likeness (QED) is 0.715. The second-order valence-corrected chi connectivity index (χ2v) is 3.29. The molecule has 0 saturated heterocycles. The molecule has 0 radical (unpaired) electrons. The zero-order chi connectivity index (χ0) is 12.3. The summed E-state index contributed by atoms with van der Waals surface area (Å²) in [7, 11) is 0. The molecular weight excluding hydrogens is 214 g/mol. The van der Waals surface area contributed by atoms with Crippen LogP contribution < -0.4 is 0 Å². The average molecular weight is 219 g/mol. The van der Waals surface area contributed by atoms with Gasteiger partial charge in [-0.25, -0.2) is 9.98 Å². The average Bonchev–Trinajstić information content (AvgIpc) is 2.82. The van der Waals surface area contributed by atoms with Crippen molar-refractivity contribution in [1.29, 1.82) is 15.8 Å². The van der Waals surface area contributed by atoms with Crippen LogP contribution in [-0.2, 0) is 0 Å². The van der Waals surface area contributed by atoms with Gasteiger partial charge < -0.3 is 0 Å². The second-order valence-electron chi connectivity index (χ2n) is 3.29. The highest BCUT2D eigenvalue weighted by molar-refractivity contribution is 6.54. The Morgan fingerprint density at radius 1 is 0.824 bits per heavy atom. The molecule has 0 saturated carbocycles. The van der Waals surface area contributed by atoms with Crippen molar-refractivity contribution in [2.24, 2.45) is 9.98 Å². The van der Waals surface area contributed by atoms with Gasteiger partial charge in [0.15, 0.2) is 17.6 Å². The van der Waals surface area contributed by atoms with Crippen LogP contribution in [0, 0.1) is 34.0 Å². The summed E-state index contributed by atoms with van der Waals surface area (Å²) in [5.41, 5.74) is 1.41. The Morgan fingerprint density at radius 3 is 1.76 bits per heavy atom. The molecule has 0 bridgehead atoms. The van der Waals surface area contributed by atoms with Gasteiger partial charge in [0.2, 0.25) is 0 Å². The van der Waals surface area contributed by atoms with Crippen LogP contribution in [-0.4, -0.2) is 11.4 Å². The third-order valence-corrected chi connectivity index (χ3v) is 2.28. The fourth-order valence-electron chi connectivity index (χ4n) is 1.44. The van der Waals surface area contributed by atoms with E-state index in [0.29, 0.717) is 5.56 Å². The van der Waals surface area contributed by atoms with E-state index in [1.807, 2.05) is 18.2 Å². The summed E-state index contributed by atoms with van der Waals surface area (Å²) in [5.74, 6) is 0. The van der Waals surface area contributed by atoms with E-state index < -0.39 is 6.17 Å². The van der Waals surface area contributed by atoms with Gasteiger partial charge in [-0.05, 0) is 17.7 Å². The summed E-state index contributed by atoms with van der Waals surface area (Å²) in [6.45, 7) is 0. The molecule has 5 nitrogen and oxygen atoms in total. The first-order valence-corrected chi connectivity index (χ1v) is 4.74. The lowest BCUT2D eigenvalue weighted by molar-refractivity contribution is 0.799. The van der Waals surface area contributed by atoms with Gasteiger partial charge in [0.25, 0.3) is 0 Å². The van der Waals surface area contributed by atoms with Gasteiger partial charge in [-0.2, -0.15) is 15.8 Å². The molecule has 1 aliphatic heterocycles. The fraction of sp³-hybridized carbons (Fsp3) is 0.0833. The predicted octanol–water partition coefficient (Wildman–Crippen LogP) is 1.50. The standard InChI is InChI=1S/C12H5N5/c13-5-8-1-3-9(4-2-8)12-16-10(6-14)11(7-15)17-12/h1-4,12H. The van der Waals surface area contributed by atoms with Gasteiger partial charge in [0, 0.05) is 0 Å². The molecule has 0 amide bonds. The van der Waals surface area contributed by atoms with Crippen molar-refractivity contribution in [2.45, 2.75) is 6.17 Å². The van der Waals surface area contributed by atoms with Crippen LogP contribution in [0.3, 0.4) is 0 Å². The van der Waals surface area contributed by atoms with Crippen molar-refractivity contribution in [1.82, 2.24) is 0 Å². The van der Waals surface area contributed by atoms with E-state index in [2.05, 4.69) is 9.98 Å². The molecule has 0 fully saturated rings. The number of hydrogen-bond acceptors (Lipinski definition) is 5. The fourth-order valence-corrected chi connectivity index (χ4v) is 1.44. The maximum atomic E-state index is 8.76. The Morgan fingerprint density at radius 2 is 1.35 bits per heavy atom. The van der Waals surface area contributed by atoms with Gasteiger partial charge >= 0.3 is 0 Å². The van der Waals surface area contributed by atoms with Gasteiger partial charge in [0.1, 0.15) is 12.1 Å². The predicted molar refractivity (Wildman–Crippen MR) is 60.0 cm³/mol. The molecule has 0 atom stereocenters. The lowest BCUT2D eigenvalue weighted by Crippen LogP contribution is -2.04. The van der Waals surface area contributed by atoms with E-state index in [1.165, 1.54) is 0 Å². The van der Waals surface area contributed by atoms with Crippen LogP contribution >= 0.6 is 0 Å². The third kappa shape index (κ3) is 1.88.